The van der Waals surface area contributed by atoms with Crippen LogP contribution in [-0.2, 0) is 11.3 Å². The van der Waals surface area contributed by atoms with Crippen LogP contribution in [0.2, 0.25) is 0 Å². The number of halogens is 3. The Morgan fingerprint density at radius 1 is 1.30 bits per heavy atom. The number of piperidine rings is 1. The van der Waals surface area contributed by atoms with Crippen LogP contribution in [0.25, 0.3) is 0 Å². The largest absolute Gasteiger partial charge is 0.335 e. The standard InChI is InChI=1S/C17H22F2N2O.ClH/c1-11-8-12(6-7-20-11)17(22)21(15-4-5-15)10-13-2-3-14(18)9-16(13)19;/h2-3,9,11-12,15,20H,4-8,10H2,1H3;1H/t11-,12-;/m0./s1. The van der Waals surface area contributed by atoms with E-state index in [9.17, 15) is 13.6 Å². The second-order valence-electron chi connectivity index (χ2n) is 6.51. The second kappa shape index (κ2) is 7.58. The number of hydrogen-bond acceptors (Lipinski definition) is 2. The van der Waals surface area contributed by atoms with Crippen molar-refractivity contribution in [2.24, 2.45) is 5.92 Å². The van der Waals surface area contributed by atoms with Crippen molar-refractivity contribution in [1.29, 1.82) is 0 Å². The quantitative estimate of drug-likeness (QED) is 0.909. The molecule has 23 heavy (non-hydrogen) atoms. The first kappa shape index (κ1) is 18.1. The smallest absolute Gasteiger partial charge is 0.226 e. The van der Waals surface area contributed by atoms with Gasteiger partial charge < -0.3 is 10.2 Å². The topological polar surface area (TPSA) is 32.3 Å². The average molecular weight is 345 g/mol. The summed E-state index contributed by atoms with van der Waals surface area (Å²) >= 11 is 0. The number of amides is 1. The molecule has 1 aliphatic carbocycles. The number of nitrogens with zero attached hydrogens (tertiary/aromatic N) is 1. The van der Waals surface area contributed by atoms with Gasteiger partial charge in [0.05, 0.1) is 0 Å². The zero-order valence-corrected chi connectivity index (χ0v) is 14.0. The second-order valence-corrected chi connectivity index (χ2v) is 6.51. The van der Waals surface area contributed by atoms with Gasteiger partial charge in [0.25, 0.3) is 0 Å². The number of carbonyl (C=O) groups excluding carboxylic acids is 1. The molecule has 1 aromatic carbocycles. The Morgan fingerprint density at radius 3 is 2.65 bits per heavy atom. The summed E-state index contributed by atoms with van der Waals surface area (Å²) in [6.45, 7) is 3.18. The molecule has 6 heteroatoms. The third kappa shape index (κ3) is 4.42. The third-order valence-electron chi connectivity index (χ3n) is 4.60. The van der Waals surface area contributed by atoms with Crippen molar-refractivity contribution in [3.8, 4) is 0 Å². The molecule has 128 valence electrons. The summed E-state index contributed by atoms with van der Waals surface area (Å²) in [7, 11) is 0. The molecule has 3 rings (SSSR count). The molecule has 0 unspecified atom stereocenters. The van der Waals surface area contributed by atoms with Crippen LogP contribution >= 0.6 is 12.4 Å². The summed E-state index contributed by atoms with van der Waals surface area (Å²) in [6.07, 6.45) is 3.62. The predicted molar refractivity (Wildman–Crippen MR) is 87.4 cm³/mol. The average Bonchev–Trinajstić information content (AvgIpc) is 3.30. The fourth-order valence-corrected chi connectivity index (χ4v) is 3.20. The van der Waals surface area contributed by atoms with Crippen LogP contribution in [0.15, 0.2) is 18.2 Å². The van der Waals surface area contributed by atoms with Crippen molar-refractivity contribution in [1.82, 2.24) is 10.2 Å². The van der Waals surface area contributed by atoms with Crippen LogP contribution in [0, 0.1) is 17.6 Å². The molecule has 1 saturated carbocycles. The van der Waals surface area contributed by atoms with Crippen molar-refractivity contribution in [3.05, 3.63) is 35.4 Å². The van der Waals surface area contributed by atoms with Gasteiger partial charge in [-0.1, -0.05) is 6.07 Å². The van der Waals surface area contributed by atoms with Gasteiger partial charge in [-0.05, 0) is 45.2 Å². The van der Waals surface area contributed by atoms with Crippen LogP contribution < -0.4 is 5.32 Å². The first-order chi connectivity index (χ1) is 10.5. The van der Waals surface area contributed by atoms with Gasteiger partial charge >= 0.3 is 0 Å². The van der Waals surface area contributed by atoms with E-state index in [0.717, 1.165) is 38.3 Å². The van der Waals surface area contributed by atoms with Gasteiger partial charge in [-0.3, -0.25) is 4.79 Å². The van der Waals surface area contributed by atoms with Crippen molar-refractivity contribution in [2.45, 2.75) is 51.2 Å². The van der Waals surface area contributed by atoms with Gasteiger partial charge in [-0.15, -0.1) is 12.4 Å². The minimum Gasteiger partial charge on any atom is -0.335 e. The third-order valence-corrected chi connectivity index (χ3v) is 4.60. The number of nitrogens with one attached hydrogen (secondary N) is 1. The normalized spacial score (nSPS) is 24.0. The number of hydrogen-bond donors (Lipinski definition) is 1. The van der Waals surface area contributed by atoms with Crippen LogP contribution in [-0.4, -0.2) is 29.4 Å². The Balaban J connectivity index is 0.00000192. The SMILES string of the molecule is C[C@H]1C[C@@H](C(=O)N(Cc2ccc(F)cc2F)C2CC2)CCN1.Cl. The van der Waals surface area contributed by atoms with E-state index in [0.29, 0.717) is 11.6 Å². The molecule has 0 aromatic heterocycles. The van der Waals surface area contributed by atoms with E-state index in [1.54, 1.807) is 4.90 Å². The van der Waals surface area contributed by atoms with E-state index in [1.807, 2.05) is 0 Å². The molecule has 0 radical (unpaired) electrons. The van der Waals surface area contributed by atoms with Gasteiger partial charge in [0.2, 0.25) is 5.91 Å². The highest BCUT2D eigenvalue weighted by Crippen LogP contribution is 2.32. The molecule has 1 heterocycles. The van der Waals surface area contributed by atoms with Gasteiger partial charge in [-0.25, -0.2) is 8.78 Å². The van der Waals surface area contributed by atoms with E-state index in [2.05, 4.69) is 12.2 Å². The van der Waals surface area contributed by atoms with Gasteiger partial charge in [0.15, 0.2) is 0 Å². The molecular weight excluding hydrogens is 322 g/mol. The minimum absolute atomic E-state index is 0. The first-order valence-corrected chi connectivity index (χ1v) is 8.02. The Morgan fingerprint density at radius 2 is 2.04 bits per heavy atom. The molecule has 2 aliphatic rings. The van der Waals surface area contributed by atoms with Crippen LogP contribution in [0.4, 0.5) is 8.78 Å². The molecule has 1 amide bonds. The Kier molecular flexibility index (Phi) is 5.98. The van der Waals surface area contributed by atoms with E-state index in [4.69, 9.17) is 0 Å². The summed E-state index contributed by atoms with van der Waals surface area (Å²) < 4.78 is 26.9. The molecule has 0 bridgehead atoms. The summed E-state index contributed by atoms with van der Waals surface area (Å²) in [6, 6.07) is 4.14. The van der Waals surface area contributed by atoms with E-state index in [-0.39, 0.29) is 36.8 Å². The summed E-state index contributed by atoms with van der Waals surface area (Å²) in [5.41, 5.74) is 0.392. The lowest BCUT2D eigenvalue weighted by molar-refractivity contribution is -0.138. The lowest BCUT2D eigenvalue weighted by Gasteiger charge is -2.32. The van der Waals surface area contributed by atoms with E-state index >= 15 is 0 Å². The molecular formula is C17H23ClF2N2O. The van der Waals surface area contributed by atoms with Gasteiger partial charge in [0, 0.05) is 36.2 Å². The van der Waals surface area contributed by atoms with E-state index in [1.165, 1.54) is 12.1 Å². The predicted octanol–water partition coefficient (Wildman–Crippen LogP) is 3.27. The highest BCUT2D eigenvalue weighted by Gasteiger charge is 2.37. The van der Waals surface area contributed by atoms with Crippen molar-refractivity contribution >= 4 is 18.3 Å². The Labute approximate surface area is 141 Å². The molecule has 0 spiro atoms. The summed E-state index contributed by atoms with van der Waals surface area (Å²) in [5, 5.41) is 3.34. The maximum Gasteiger partial charge on any atom is 0.226 e. The maximum atomic E-state index is 13.9. The van der Waals surface area contributed by atoms with Crippen molar-refractivity contribution < 1.29 is 13.6 Å². The lowest BCUT2D eigenvalue weighted by atomic mass is 9.91. The molecule has 2 atom stereocenters. The fourth-order valence-electron chi connectivity index (χ4n) is 3.20. The minimum atomic E-state index is -0.585. The number of carbonyl (C=O) groups is 1. The molecule has 3 nitrogen and oxygen atoms in total. The monoisotopic (exact) mass is 344 g/mol. The molecule has 1 saturated heterocycles. The highest BCUT2D eigenvalue weighted by atomic mass is 35.5. The first-order valence-electron chi connectivity index (χ1n) is 8.02. The Bertz CT molecular complexity index is 566. The van der Waals surface area contributed by atoms with Gasteiger partial charge in [-0.2, -0.15) is 0 Å². The molecule has 1 aromatic rings. The van der Waals surface area contributed by atoms with Gasteiger partial charge in [0.1, 0.15) is 11.6 Å². The zero-order valence-electron chi connectivity index (χ0n) is 13.2. The van der Waals surface area contributed by atoms with Crippen molar-refractivity contribution in [2.75, 3.05) is 6.54 Å². The summed E-state index contributed by atoms with van der Waals surface area (Å²) in [5.74, 6) is -1.02. The fraction of sp³-hybridized carbons (Fsp3) is 0.588. The highest BCUT2D eigenvalue weighted by molar-refractivity contribution is 5.85. The number of rotatable bonds is 4. The maximum absolute atomic E-state index is 13.9. The molecule has 1 N–H and O–H groups in total. The lowest BCUT2D eigenvalue weighted by Crippen LogP contribution is -2.44. The van der Waals surface area contributed by atoms with Crippen LogP contribution in [0.3, 0.4) is 0 Å². The van der Waals surface area contributed by atoms with Crippen molar-refractivity contribution in [3.63, 3.8) is 0 Å². The molecule has 2 fully saturated rings. The number of benzene rings is 1. The van der Waals surface area contributed by atoms with Crippen LogP contribution in [0.5, 0.6) is 0 Å². The Hall–Kier alpha value is -1.20. The van der Waals surface area contributed by atoms with Crippen LogP contribution in [0.1, 0.15) is 38.2 Å². The zero-order chi connectivity index (χ0) is 15.7. The summed E-state index contributed by atoms with van der Waals surface area (Å²) in [4.78, 5) is 14.6. The van der Waals surface area contributed by atoms with E-state index < -0.39 is 11.6 Å². The molecule has 1 aliphatic heterocycles.